The van der Waals surface area contributed by atoms with Gasteiger partial charge in [-0.1, -0.05) is 41.6 Å². The average molecular weight is 417 g/mol. The number of nitrogens with zero attached hydrogens (tertiary/aromatic N) is 4. The SMILES string of the molecule is N#CCCc1cccc2c1B(O)OC2.OB1OCc2cccc(CCc3nn[nH]n3)c21. The lowest BCUT2D eigenvalue weighted by Crippen LogP contribution is -2.31. The third-order valence-corrected chi connectivity index (χ3v) is 5.37. The van der Waals surface area contributed by atoms with Gasteiger partial charge < -0.3 is 19.4 Å². The van der Waals surface area contributed by atoms with Gasteiger partial charge >= 0.3 is 14.2 Å². The van der Waals surface area contributed by atoms with Gasteiger partial charge in [0.05, 0.1) is 19.3 Å². The van der Waals surface area contributed by atoms with E-state index in [9.17, 15) is 10.0 Å². The molecule has 3 N–H and O–H groups in total. The van der Waals surface area contributed by atoms with Gasteiger partial charge in [-0.25, -0.2) is 0 Å². The topological polar surface area (TPSA) is 137 Å². The minimum atomic E-state index is -0.806. The van der Waals surface area contributed by atoms with E-state index in [0.29, 0.717) is 38.3 Å². The fourth-order valence-corrected chi connectivity index (χ4v) is 3.88. The molecule has 0 radical (unpaired) electrons. The molecule has 11 heteroatoms. The lowest BCUT2D eigenvalue weighted by atomic mass is 9.75. The molecule has 3 aromatic rings. The molecule has 0 unspecified atom stereocenters. The number of nitriles is 1. The zero-order chi connectivity index (χ0) is 21.6. The van der Waals surface area contributed by atoms with Gasteiger partial charge in [0.15, 0.2) is 5.82 Å². The number of H-pyrrole nitrogens is 1. The van der Waals surface area contributed by atoms with Crippen molar-refractivity contribution in [2.75, 3.05) is 0 Å². The third-order valence-electron chi connectivity index (χ3n) is 5.37. The smallest absolute Gasteiger partial charge is 0.423 e. The van der Waals surface area contributed by atoms with Gasteiger partial charge in [0.25, 0.3) is 0 Å². The number of rotatable bonds is 5. The van der Waals surface area contributed by atoms with Crippen molar-refractivity contribution >= 4 is 25.2 Å². The maximum atomic E-state index is 9.75. The van der Waals surface area contributed by atoms with E-state index in [1.54, 1.807) is 0 Å². The molecule has 2 aliphatic heterocycles. The number of tetrazole rings is 1. The van der Waals surface area contributed by atoms with Crippen molar-refractivity contribution in [2.45, 2.75) is 38.9 Å². The molecule has 2 aromatic carbocycles. The first kappa shape index (κ1) is 21.2. The summed E-state index contributed by atoms with van der Waals surface area (Å²) in [5, 5.41) is 41.5. The Balaban J connectivity index is 0.000000152. The first-order valence-electron chi connectivity index (χ1n) is 10.1. The zero-order valence-corrected chi connectivity index (χ0v) is 16.9. The number of aryl methyl sites for hydroxylation is 3. The van der Waals surface area contributed by atoms with Crippen molar-refractivity contribution in [3.63, 3.8) is 0 Å². The second-order valence-corrected chi connectivity index (χ2v) is 7.29. The number of aromatic nitrogens is 4. The Morgan fingerprint density at radius 3 is 2.10 bits per heavy atom. The first-order valence-corrected chi connectivity index (χ1v) is 10.1. The molecule has 0 saturated carbocycles. The minimum Gasteiger partial charge on any atom is -0.423 e. The van der Waals surface area contributed by atoms with Gasteiger partial charge in [0.2, 0.25) is 0 Å². The molecule has 0 spiro atoms. The van der Waals surface area contributed by atoms with Crippen molar-refractivity contribution in [3.8, 4) is 6.07 Å². The summed E-state index contributed by atoms with van der Waals surface area (Å²) >= 11 is 0. The quantitative estimate of drug-likeness (QED) is 0.476. The van der Waals surface area contributed by atoms with Crippen LogP contribution >= 0.6 is 0 Å². The van der Waals surface area contributed by atoms with E-state index < -0.39 is 14.2 Å². The Kier molecular flexibility index (Phi) is 6.74. The first-order chi connectivity index (χ1) is 15.2. The van der Waals surface area contributed by atoms with Crippen LogP contribution in [0.5, 0.6) is 0 Å². The predicted octanol–water partition coefficient (Wildman–Crippen LogP) is -0.437. The number of nitrogens with one attached hydrogen (secondary N) is 1. The van der Waals surface area contributed by atoms with Gasteiger partial charge in [0, 0.05) is 12.8 Å². The summed E-state index contributed by atoms with van der Waals surface area (Å²) in [5.41, 5.74) is 5.96. The normalized spacial score (nSPS) is 14.0. The van der Waals surface area contributed by atoms with Gasteiger partial charge in [-0.15, -0.1) is 10.2 Å². The summed E-state index contributed by atoms with van der Waals surface area (Å²) in [4.78, 5) is 0. The van der Waals surface area contributed by atoms with Gasteiger partial charge in [-0.3, -0.25) is 0 Å². The molecule has 156 valence electrons. The van der Waals surface area contributed by atoms with E-state index >= 15 is 0 Å². The van der Waals surface area contributed by atoms with E-state index in [4.69, 9.17) is 14.6 Å². The van der Waals surface area contributed by atoms with E-state index in [1.807, 2.05) is 36.4 Å². The standard InChI is InChI=1S/C10H11BN4O2.C10H10BNO2/c16-11-10-7(2-1-3-8(10)6-17-11)4-5-9-12-14-15-13-9;12-6-2-5-8-3-1-4-9-7-14-11(13)10(8)9/h1-3,16H,4-6H2,(H,12,13,14,15);1,3-4,13H,2,5,7H2. The van der Waals surface area contributed by atoms with Gasteiger partial charge in [-0.2, -0.15) is 10.5 Å². The Morgan fingerprint density at radius 1 is 0.935 bits per heavy atom. The number of hydrogen-bond acceptors (Lipinski definition) is 8. The Bertz CT molecular complexity index is 1070. The van der Waals surface area contributed by atoms with Crippen LogP contribution in [0.1, 0.15) is 34.5 Å². The molecule has 5 rings (SSSR count). The molecule has 0 amide bonds. The molecule has 0 bridgehead atoms. The highest BCUT2D eigenvalue weighted by molar-refractivity contribution is 6.62. The van der Waals surface area contributed by atoms with Gasteiger partial charge in [-0.05, 0) is 46.0 Å². The fraction of sp³-hybridized carbons (Fsp3) is 0.300. The van der Waals surface area contributed by atoms with Crippen molar-refractivity contribution in [2.24, 2.45) is 0 Å². The van der Waals surface area contributed by atoms with Crippen LogP contribution in [0.15, 0.2) is 36.4 Å². The molecule has 2 aliphatic rings. The molecule has 1 aromatic heterocycles. The van der Waals surface area contributed by atoms with E-state index in [0.717, 1.165) is 39.6 Å². The van der Waals surface area contributed by atoms with Crippen LogP contribution in [-0.2, 0) is 41.8 Å². The van der Waals surface area contributed by atoms with Crippen molar-refractivity contribution < 1.29 is 19.4 Å². The van der Waals surface area contributed by atoms with Crippen molar-refractivity contribution in [1.29, 1.82) is 5.26 Å². The maximum absolute atomic E-state index is 9.75. The lowest BCUT2D eigenvalue weighted by Gasteiger charge is -2.06. The molecule has 0 aliphatic carbocycles. The van der Waals surface area contributed by atoms with Crippen LogP contribution in [0.25, 0.3) is 0 Å². The van der Waals surface area contributed by atoms with Gasteiger partial charge in [0.1, 0.15) is 0 Å². The molecule has 3 heterocycles. The van der Waals surface area contributed by atoms with E-state index in [1.165, 1.54) is 0 Å². The molecular formula is C20H21B2N5O4. The average Bonchev–Trinajstić information content (AvgIpc) is 3.53. The van der Waals surface area contributed by atoms with E-state index in [-0.39, 0.29) is 0 Å². The molecule has 0 fully saturated rings. The number of hydrogen-bond donors (Lipinski definition) is 3. The third kappa shape index (κ3) is 4.84. The summed E-state index contributed by atoms with van der Waals surface area (Å²) in [6, 6.07) is 13.9. The highest BCUT2D eigenvalue weighted by Crippen LogP contribution is 2.14. The van der Waals surface area contributed by atoms with Crippen LogP contribution < -0.4 is 10.9 Å². The van der Waals surface area contributed by atoms with Crippen molar-refractivity contribution in [1.82, 2.24) is 20.6 Å². The summed E-state index contributed by atoms with van der Waals surface area (Å²) in [6.45, 7) is 0.948. The van der Waals surface area contributed by atoms with Crippen LogP contribution in [0.2, 0.25) is 0 Å². The molecular weight excluding hydrogens is 396 g/mol. The second kappa shape index (κ2) is 9.85. The van der Waals surface area contributed by atoms with Crippen LogP contribution in [-0.4, -0.2) is 44.9 Å². The fourth-order valence-electron chi connectivity index (χ4n) is 3.88. The Morgan fingerprint density at radius 2 is 1.55 bits per heavy atom. The highest BCUT2D eigenvalue weighted by Gasteiger charge is 2.30. The highest BCUT2D eigenvalue weighted by atomic mass is 16.5. The van der Waals surface area contributed by atoms with E-state index in [2.05, 4.69) is 26.7 Å². The number of benzene rings is 2. The molecule has 0 atom stereocenters. The molecule has 31 heavy (non-hydrogen) atoms. The maximum Gasteiger partial charge on any atom is 0.492 e. The van der Waals surface area contributed by atoms with Crippen LogP contribution in [0.3, 0.4) is 0 Å². The molecule has 9 nitrogen and oxygen atoms in total. The summed E-state index contributed by atoms with van der Waals surface area (Å²) < 4.78 is 10.3. The summed E-state index contributed by atoms with van der Waals surface area (Å²) in [5.74, 6) is 0.677. The van der Waals surface area contributed by atoms with Crippen LogP contribution in [0.4, 0.5) is 0 Å². The second-order valence-electron chi connectivity index (χ2n) is 7.29. The summed E-state index contributed by atoms with van der Waals surface area (Å²) in [7, 11) is -1.61. The lowest BCUT2D eigenvalue weighted by molar-refractivity contribution is 0.275. The predicted molar refractivity (Wildman–Crippen MR) is 113 cm³/mol. The monoisotopic (exact) mass is 417 g/mol. The number of aromatic amines is 1. The minimum absolute atomic E-state index is 0.469. The zero-order valence-electron chi connectivity index (χ0n) is 16.9. The number of fused-ring (bicyclic) bond motifs is 2. The van der Waals surface area contributed by atoms with Crippen molar-refractivity contribution in [3.05, 3.63) is 64.5 Å². The van der Waals surface area contributed by atoms with Crippen LogP contribution in [0, 0.1) is 11.3 Å². The summed E-state index contributed by atoms with van der Waals surface area (Å²) in [6.07, 6.45) is 2.62. The largest absolute Gasteiger partial charge is 0.492 e. The Labute approximate surface area is 180 Å². The molecule has 0 saturated heterocycles. The Hall–Kier alpha value is -3.03.